The predicted octanol–water partition coefficient (Wildman–Crippen LogP) is 4.14. The van der Waals surface area contributed by atoms with E-state index in [0.29, 0.717) is 22.8 Å². The Balaban J connectivity index is 1.47. The van der Waals surface area contributed by atoms with Gasteiger partial charge in [0.25, 0.3) is 11.1 Å². The van der Waals surface area contributed by atoms with Crippen molar-refractivity contribution in [3.05, 3.63) is 36.0 Å². The summed E-state index contributed by atoms with van der Waals surface area (Å²) in [4.78, 5) is 12.2. The summed E-state index contributed by atoms with van der Waals surface area (Å²) >= 11 is 1.21. The smallest absolute Gasteiger partial charge is 0.277 e. The summed E-state index contributed by atoms with van der Waals surface area (Å²) in [7, 11) is 0. The number of nitrogens with one attached hydrogen (secondary N) is 1. The van der Waals surface area contributed by atoms with Gasteiger partial charge in [0.15, 0.2) is 6.10 Å². The quantitative estimate of drug-likeness (QED) is 0.713. The van der Waals surface area contributed by atoms with Crippen LogP contribution < -0.4 is 10.1 Å². The van der Waals surface area contributed by atoms with Crippen molar-refractivity contribution >= 4 is 17.7 Å². The molecule has 0 unspecified atom stereocenters. The molecule has 1 fully saturated rings. The summed E-state index contributed by atoms with van der Waals surface area (Å²) in [5.74, 6) is 1.23. The molecule has 2 aromatic rings. The molecule has 3 atom stereocenters. The van der Waals surface area contributed by atoms with E-state index >= 15 is 0 Å². The van der Waals surface area contributed by atoms with Gasteiger partial charge in [-0.05, 0) is 49.9 Å². The first kappa shape index (κ1) is 19.7. The van der Waals surface area contributed by atoms with Gasteiger partial charge < -0.3 is 14.5 Å². The van der Waals surface area contributed by atoms with E-state index in [9.17, 15) is 9.18 Å². The second kappa shape index (κ2) is 9.21. The first-order valence-corrected chi connectivity index (χ1v) is 10.2. The van der Waals surface area contributed by atoms with Crippen molar-refractivity contribution in [3.8, 4) is 5.75 Å². The number of thioether (sulfide) groups is 1. The highest BCUT2D eigenvalue weighted by molar-refractivity contribution is 7.99. The molecule has 146 valence electrons. The first-order chi connectivity index (χ1) is 13.0. The number of amides is 1. The topological polar surface area (TPSA) is 77.2 Å². The molecule has 8 heteroatoms. The van der Waals surface area contributed by atoms with Crippen molar-refractivity contribution in [2.24, 2.45) is 5.92 Å². The molecule has 1 aliphatic rings. The fraction of sp³-hybridized carbons (Fsp3) is 0.526. The third kappa shape index (κ3) is 5.69. The molecule has 0 bridgehead atoms. The van der Waals surface area contributed by atoms with Crippen molar-refractivity contribution < 1.29 is 18.3 Å². The van der Waals surface area contributed by atoms with Crippen molar-refractivity contribution in [1.29, 1.82) is 0 Å². The molecule has 0 aliphatic heterocycles. The number of halogens is 1. The van der Waals surface area contributed by atoms with Gasteiger partial charge in [-0.15, -0.1) is 10.2 Å². The zero-order valence-corrected chi connectivity index (χ0v) is 16.3. The number of hydrogen-bond donors (Lipinski definition) is 1. The Morgan fingerprint density at radius 1 is 1.33 bits per heavy atom. The number of aromatic nitrogens is 2. The zero-order chi connectivity index (χ0) is 19.2. The Morgan fingerprint density at radius 2 is 2.07 bits per heavy atom. The minimum Gasteiger partial charge on any atom is -0.481 e. The number of ether oxygens (including phenoxy) is 1. The Labute approximate surface area is 162 Å². The average molecular weight is 393 g/mol. The summed E-state index contributed by atoms with van der Waals surface area (Å²) in [5, 5.41) is 11.3. The largest absolute Gasteiger partial charge is 0.481 e. The van der Waals surface area contributed by atoms with E-state index in [1.165, 1.54) is 48.9 Å². The van der Waals surface area contributed by atoms with E-state index in [2.05, 4.69) is 22.4 Å². The van der Waals surface area contributed by atoms with Gasteiger partial charge in [0.2, 0.25) is 5.91 Å². The minimum absolute atomic E-state index is 0.0193. The Morgan fingerprint density at radius 3 is 2.81 bits per heavy atom. The monoisotopic (exact) mass is 393 g/mol. The second-order valence-electron chi connectivity index (χ2n) is 6.84. The second-order valence-corrected chi connectivity index (χ2v) is 7.77. The molecule has 0 spiro atoms. The van der Waals surface area contributed by atoms with Crippen LogP contribution in [-0.4, -0.2) is 27.9 Å². The van der Waals surface area contributed by atoms with Crippen LogP contribution in [0.2, 0.25) is 0 Å². The van der Waals surface area contributed by atoms with Crippen LogP contribution in [0.15, 0.2) is 33.9 Å². The number of hydrogen-bond acceptors (Lipinski definition) is 6. The molecule has 1 aliphatic carbocycles. The van der Waals surface area contributed by atoms with E-state index in [4.69, 9.17) is 9.15 Å². The highest BCUT2D eigenvalue weighted by Gasteiger charge is 2.23. The normalized spacial score (nSPS) is 20.9. The molecule has 1 amide bonds. The van der Waals surface area contributed by atoms with Gasteiger partial charge in [-0.2, -0.15) is 0 Å². The molecule has 1 saturated carbocycles. The maximum Gasteiger partial charge on any atom is 0.277 e. The molecule has 0 radical (unpaired) electrons. The van der Waals surface area contributed by atoms with E-state index in [0.717, 1.165) is 12.8 Å². The van der Waals surface area contributed by atoms with Crippen LogP contribution in [0.1, 0.15) is 51.5 Å². The van der Waals surface area contributed by atoms with E-state index < -0.39 is 6.10 Å². The molecule has 1 heterocycles. The Bertz CT molecular complexity index is 753. The summed E-state index contributed by atoms with van der Waals surface area (Å²) in [5.41, 5.74) is 0. The van der Waals surface area contributed by atoms with Crippen molar-refractivity contribution in [1.82, 2.24) is 15.5 Å². The lowest BCUT2D eigenvalue weighted by Gasteiger charge is -2.29. The summed E-state index contributed by atoms with van der Waals surface area (Å²) in [6.07, 6.45) is 4.14. The van der Waals surface area contributed by atoms with Crippen LogP contribution in [0.3, 0.4) is 0 Å². The van der Waals surface area contributed by atoms with Gasteiger partial charge in [0, 0.05) is 6.04 Å². The van der Waals surface area contributed by atoms with E-state index in [1.807, 2.05) is 0 Å². The molecular weight excluding hydrogens is 369 g/mol. The summed E-state index contributed by atoms with van der Waals surface area (Å²) in [6, 6.07) is 5.98. The number of nitrogens with zero attached hydrogens (tertiary/aromatic N) is 2. The molecule has 6 nitrogen and oxygen atoms in total. The molecule has 0 saturated heterocycles. The lowest BCUT2D eigenvalue weighted by atomic mass is 9.86. The number of benzene rings is 1. The van der Waals surface area contributed by atoms with Gasteiger partial charge >= 0.3 is 0 Å². The summed E-state index contributed by atoms with van der Waals surface area (Å²) in [6.45, 7) is 3.95. The Hall–Kier alpha value is -2.09. The summed E-state index contributed by atoms with van der Waals surface area (Å²) < 4.78 is 24.2. The number of rotatable bonds is 7. The minimum atomic E-state index is -0.478. The highest BCUT2D eigenvalue weighted by atomic mass is 32.2. The molecule has 1 aromatic heterocycles. The van der Waals surface area contributed by atoms with Crippen molar-refractivity contribution in [2.75, 3.05) is 5.75 Å². The fourth-order valence-electron chi connectivity index (χ4n) is 3.12. The van der Waals surface area contributed by atoms with Gasteiger partial charge in [0.1, 0.15) is 11.6 Å². The van der Waals surface area contributed by atoms with Gasteiger partial charge in [-0.25, -0.2) is 4.39 Å². The highest BCUT2D eigenvalue weighted by Crippen LogP contribution is 2.25. The molecule has 1 aromatic carbocycles. The number of carbonyl (C=O) groups excluding carboxylic acids is 1. The number of carbonyl (C=O) groups is 1. The van der Waals surface area contributed by atoms with Crippen molar-refractivity contribution in [3.63, 3.8) is 0 Å². The Kier molecular flexibility index (Phi) is 6.71. The fourth-order valence-corrected chi connectivity index (χ4v) is 3.70. The molecule has 27 heavy (non-hydrogen) atoms. The van der Waals surface area contributed by atoms with Crippen LogP contribution in [0, 0.1) is 11.7 Å². The third-order valence-corrected chi connectivity index (χ3v) is 5.50. The van der Waals surface area contributed by atoms with Gasteiger partial charge in [0.05, 0.1) is 5.75 Å². The van der Waals surface area contributed by atoms with Gasteiger partial charge in [-0.3, -0.25) is 4.79 Å². The lowest BCUT2D eigenvalue weighted by molar-refractivity contribution is -0.119. The first-order valence-electron chi connectivity index (χ1n) is 9.19. The molecule has 1 N–H and O–H groups in total. The standard InChI is InChI=1S/C19H24FN3O3S/c1-12-5-3-4-6-16(12)21-17(24)11-27-19-23-22-18(26-19)13(2)25-15-9-7-14(20)8-10-15/h7-10,12-13,16H,3-6,11H2,1-2H3,(H,21,24)/t12-,13-,16-/m1/s1. The molecular formula is C19H24FN3O3S. The zero-order valence-electron chi connectivity index (χ0n) is 15.5. The van der Waals surface area contributed by atoms with Crippen LogP contribution in [-0.2, 0) is 4.79 Å². The molecule has 3 rings (SSSR count). The predicted molar refractivity (Wildman–Crippen MR) is 100 cm³/mol. The van der Waals surface area contributed by atoms with Gasteiger partial charge in [-0.1, -0.05) is 31.5 Å². The average Bonchev–Trinajstić information content (AvgIpc) is 3.13. The van der Waals surface area contributed by atoms with E-state index in [-0.39, 0.29) is 23.5 Å². The SMILES string of the molecule is C[C@@H]1CCCC[C@H]1NC(=O)CSc1nnc([C@@H](C)Oc2ccc(F)cc2)o1. The van der Waals surface area contributed by atoms with Crippen LogP contribution in [0.5, 0.6) is 5.75 Å². The maximum absolute atomic E-state index is 12.9. The van der Waals surface area contributed by atoms with Crippen LogP contribution in [0.4, 0.5) is 4.39 Å². The van der Waals surface area contributed by atoms with Crippen molar-refractivity contribution in [2.45, 2.75) is 56.9 Å². The van der Waals surface area contributed by atoms with Crippen LogP contribution >= 0.6 is 11.8 Å². The van der Waals surface area contributed by atoms with E-state index in [1.54, 1.807) is 6.92 Å². The maximum atomic E-state index is 12.9. The van der Waals surface area contributed by atoms with Crippen LogP contribution in [0.25, 0.3) is 0 Å². The lowest BCUT2D eigenvalue weighted by Crippen LogP contribution is -2.41. The third-order valence-electron chi connectivity index (χ3n) is 4.68.